The molecular weight excluding hydrogens is 158 g/mol. The van der Waals surface area contributed by atoms with E-state index < -0.39 is 0 Å². The molecule has 76 valence electrons. The van der Waals surface area contributed by atoms with Crippen molar-refractivity contribution >= 4 is 0 Å². The topological polar surface area (TPSA) is 3.24 Å². The van der Waals surface area contributed by atoms with E-state index in [2.05, 4.69) is 17.9 Å². The molecular formula is C12H23N. The molecule has 0 amide bonds. The van der Waals surface area contributed by atoms with Crippen molar-refractivity contribution in [3.05, 3.63) is 11.6 Å². The Morgan fingerprint density at radius 2 is 2.00 bits per heavy atom. The van der Waals surface area contributed by atoms with Crippen molar-refractivity contribution in [2.45, 2.75) is 52.5 Å². The molecule has 1 unspecified atom stereocenters. The summed E-state index contributed by atoms with van der Waals surface area (Å²) < 4.78 is 0. The van der Waals surface area contributed by atoms with Crippen LogP contribution in [0.15, 0.2) is 11.6 Å². The summed E-state index contributed by atoms with van der Waals surface area (Å²) >= 11 is 0. The Hall–Kier alpha value is -0.300. The fourth-order valence-corrected chi connectivity index (χ4v) is 2.21. The average molecular weight is 181 g/mol. The predicted molar refractivity (Wildman–Crippen MR) is 58.9 cm³/mol. The van der Waals surface area contributed by atoms with Crippen molar-refractivity contribution in [1.82, 2.24) is 4.90 Å². The second kappa shape index (κ2) is 5.43. The van der Waals surface area contributed by atoms with E-state index in [9.17, 15) is 0 Å². The minimum atomic E-state index is 0.803. The minimum absolute atomic E-state index is 0.803. The zero-order valence-corrected chi connectivity index (χ0v) is 9.34. The van der Waals surface area contributed by atoms with E-state index in [0.717, 1.165) is 6.04 Å². The standard InChI is InChI=1S/C10H17N.C2H6/c1-9-5-7-11-6-3-2-4-10(11)8-9;1-2/h8,10H,2-7H2,1H3;1-2H3. The lowest BCUT2D eigenvalue weighted by molar-refractivity contribution is 0.172. The third kappa shape index (κ3) is 2.84. The van der Waals surface area contributed by atoms with Gasteiger partial charge in [-0.1, -0.05) is 31.9 Å². The molecule has 2 aliphatic heterocycles. The quantitative estimate of drug-likeness (QED) is 0.519. The number of hydrogen-bond donors (Lipinski definition) is 0. The molecule has 0 saturated carbocycles. The monoisotopic (exact) mass is 181 g/mol. The average Bonchev–Trinajstić information content (AvgIpc) is 2.21. The fraction of sp³-hybridized carbons (Fsp3) is 0.833. The number of piperidine rings is 1. The summed E-state index contributed by atoms with van der Waals surface area (Å²) in [6.45, 7) is 8.92. The van der Waals surface area contributed by atoms with Crippen molar-refractivity contribution in [2.75, 3.05) is 13.1 Å². The molecule has 1 nitrogen and oxygen atoms in total. The van der Waals surface area contributed by atoms with Crippen molar-refractivity contribution in [3.63, 3.8) is 0 Å². The summed E-state index contributed by atoms with van der Waals surface area (Å²) in [4.78, 5) is 2.64. The van der Waals surface area contributed by atoms with Crippen molar-refractivity contribution in [2.24, 2.45) is 0 Å². The van der Waals surface area contributed by atoms with E-state index >= 15 is 0 Å². The van der Waals surface area contributed by atoms with Crippen LogP contribution in [0.4, 0.5) is 0 Å². The highest BCUT2D eigenvalue weighted by Gasteiger charge is 2.22. The van der Waals surface area contributed by atoms with Crippen LogP contribution in [0.3, 0.4) is 0 Å². The van der Waals surface area contributed by atoms with Crippen LogP contribution in [0.5, 0.6) is 0 Å². The molecule has 1 heteroatoms. The van der Waals surface area contributed by atoms with E-state index in [4.69, 9.17) is 0 Å². The molecule has 2 heterocycles. The first kappa shape index (κ1) is 10.8. The number of nitrogens with zero attached hydrogens (tertiary/aromatic N) is 1. The Kier molecular flexibility index (Phi) is 4.51. The van der Waals surface area contributed by atoms with Crippen LogP contribution in [-0.4, -0.2) is 24.0 Å². The van der Waals surface area contributed by atoms with Crippen molar-refractivity contribution < 1.29 is 0 Å². The normalized spacial score (nSPS) is 28.2. The third-order valence-corrected chi connectivity index (χ3v) is 2.93. The minimum Gasteiger partial charge on any atom is -0.297 e. The van der Waals surface area contributed by atoms with Gasteiger partial charge in [0.15, 0.2) is 0 Å². The number of rotatable bonds is 0. The van der Waals surface area contributed by atoms with Crippen LogP contribution in [0, 0.1) is 0 Å². The maximum atomic E-state index is 2.64. The largest absolute Gasteiger partial charge is 0.297 e. The third-order valence-electron chi connectivity index (χ3n) is 2.93. The predicted octanol–water partition coefficient (Wildman–Crippen LogP) is 3.22. The molecule has 0 radical (unpaired) electrons. The summed E-state index contributed by atoms with van der Waals surface area (Å²) in [5.74, 6) is 0. The molecule has 13 heavy (non-hydrogen) atoms. The van der Waals surface area contributed by atoms with Gasteiger partial charge in [-0.25, -0.2) is 0 Å². The summed E-state index contributed by atoms with van der Waals surface area (Å²) in [6.07, 6.45) is 8.03. The van der Waals surface area contributed by atoms with Crippen molar-refractivity contribution in [1.29, 1.82) is 0 Å². The van der Waals surface area contributed by atoms with Crippen LogP contribution in [0.2, 0.25) is 0 Å². The first-order valence-electron chi connectivity index (χ1n) is 5.77. The lowest BCUT2D eigenvalue weighted by Crippen LogP contribution is -2.41. The maximum Gasteiger partial charge on any atom is 0.0280 e. The van der Waals surface area contributed by atoms with Gasteiger partial charge < -0.3 is 0 Å². The number of fused-ring (bicyclic) bond motifs is 1. The molecule has 0 bridgehead atoms. The zero-order chi connectivity index (χ0) is 9.68. The highest BCUT2D eigenvalue weighted by Crippen LogP contribution is 2.24. The second-order valence-electron chi connectivity index (χ2n) is 3.86. The van der Waals surface area contributed by atoms with Gasteiger partial charge >= 0.3 is 0 Å². The van der Waals surface area contributed by atoms with E-state index in [-0.39, 0.29) is 0 Å². The molecule has 0 spiro atoms. The second-order valence-corrected chi connectivity index (χ2v) is 3.86. The van der Waals surface area contributed by atoms with Gasteiger partial charge in [0.2, 0.25) is 0 Å². The molecule has 0 N–H and O–H groups in total. The van der Waals surface area contributed by atoms with Gasteiger partial charge in [0.1, 0.15) is 0 Å². The van der Waals surface area contributed by atoms with Gasteiger partial charge in [-0.2, -0.15) is 0 Å². The molecule has 1 saturated heterocycles. The summed E-state index contributed by atoms with van der Waals surface area (Å²) in [6, 6.07) is 0.803. The lowest BCUT2D eigenvalue weighted by atomic mass is 9.95. The summed E-state index contributed by atoms with van der Waals surface area (Å²) in [5, 5.41) is 0. The van der Waals surface area contributed by atoms with Gasteiger partial charge in [0.25, 0.3) is 0 Å². The molecule has 0 aromatic carbocycles. The van der Waals surface area contributed by atoms with Crippen LogP contribution >= 0.6 is 0 Å². The Bertz CT molecular complexity index is 172. The smallest absolute Gasteiger partial charge is 0.0280 e. The van der Waals surface area contributed by atoms with Gasteiger partial charge in [-0.15, -0.1) is 0 Å². The van der Waals surface area contributed by atoms with Crippen molar-refractivity contribution in [3.8, 4) is 0 Å². The molecule has 1 fully saturated rings. The summed E-state index contributed by atoms with van der Waals surface area (Å²) in [7, 11) is 0. The Labute approximate surface area is 82.8 Å². The SMILES string of the molecule is CC.CC1=CC2CCCCN2CC1. The molecule has 2 rings (SSSR count). The zero-order valence-electron chi connectivity index (χ0n) is 9.34. The highest BCUT2D eigenvalue weighted by molar-refractivity contribution is 5.09. The van der Waals surface area contributed by atoms with Gasteiger partial charge in [-0.3, -0.25) is 4.90 Å². The molecule has 0 aromatic heterocycles. The van der Waals surface area contributed by atoms with E-state index in [1.807, 2.05) is 13.8 Å². The van der Waals surface area contributed by atoms with Crippen LogP contribution in [0.1, 0.15) is 46.5 Å². The van der Waals surface area contributed by atoms with Gasteiger partial charge in [0, 0.05) is 12.6 Å². The Morgan fingerprint density at radius 3 is 2.77 bits per heavy atom. The van der Waals surface area contributed by atoms with E-state index in [0.29, 0.717) is 0 Å². The Balaban J connectivity index is 0.000000396. The first-order valence-corrected chi connectivity index (χ1v) is 5.77. The van der Waals surface area contributed by atoms with Crippen LogP contribution in [-0.2, 0) is 0 Å². The lowest BCUT2D eigenvalue weighted by Gasteiger charge is -2.37. The van der Waals surface area contributed by atoms with Gasteiger partial charge in [0.05, 0.1) is 0 Å². The highest BCUT2D eigenvalue weighted by atomic mass is 15.2. The van der Waals surface area contributed by atoms with E-state index in [1.54, 1.807) is 5.57 Å². The Morgan fingerprint density at radius 1 is 1.23 bits per heavy atom. The molecule has 1 atom stereocenters. The molecule has 0 aromatic rings. The summed E-state index contributed by atoms with van der Waals surface area (Å²) in [5.41, 5.74) is 1.60. The fourth-order valence-electron chi connectivity index (χ4n) is 2.21. The van der Waals surface area contributed by atoms with E-state index in [1.165, 1.54) is 38.8 Å². The van der Waals surface area contributed by atoms with Gasteiger partial charge in [-0.05, 0) is 32.7 Å². The maximum absolute atomic E-state index is 2.64. The first-order chi connectivity index (χ1) is 6.36. The number of hydrogen-bond acceptors (Lipinski definition) is 1. The molecule has 0 aliphatic carbocycles. The van der Waals surface area contributed by atoms with Crippen LogP contribution in [0.25, 0.3) is 0 Å². The molecule has 2 aliphatic rings. The van der Waals surface area contributed by atoms with Crippen LogP contribution < -0.4 is 0 Å².